The standard InChI is InChI=1S/C36H46FN3O4/c1-23-30(27-11-15-29(16-12-27)40(25(3)41)20-17-26-9-13-28(37)14-10-26)32(39-21-18-36(7,8)19-22-39)31(24(2)38-23)33(34(42)43)44-35(4,5)6/h9-16,33H,17-22H2,1-8H3,(H,42,43). The topological polar surface area (TPSA) is 83.0 Å². The van der Waals surface area contributed by atoms with Gasteiger partial charge in [0.1, 0.15) is 5.82 Å². The van der Waals surface area contributed by atoms with Gasteiger partial charge in [0.25, 0.3) is 0 Å². The molecule has 8 heteroatoms. The van der Waals surface area contributed by atoms with E-state index in [2.05, 4.69) is 18.7 Å². The van der Waals surface area contributed by atoms with Crippen molar-refractivity contribution in [3.8, 4) is 11.1 Å². The van der Waals surface area contributed by atoms with Crippen molar-refractivity contribution in [3.63, 3.8) is 0 Å². The minimum absolute atomic E-state index is 0.0874. The predicted octanol–water partition coefficient (Wildman–Crippen LogP) is 7.67. The maximum Gasteiger partial charge on any atom is 0.337 e. The van der Waals surface area contributed by atoms with Crippen molar-refractivity contribution in [2.75, 3.05) is 29.4 Å². The number of carboxylic acid groups (broad SMARTS) is 1. The number of rotatable bonds is 9. The number of carbonyl (C=O) groups excluding carboxylic acids is 1. The molecular weight excluding hydrogens is 557 g/mol. The fourth-order valence-electron chi connectivity index (χ4n) is 5.92. The van der Waals surface area contributed by atoms with Gasteiger partial charge >= 0.3 is 5.97 Å². The van der Waals surface area contributed by atoms with Crippen LogP contribution in [-0.2, 0) is 20.7 Å². The van der Waals surface area contributed by atoms with Gasteiger partial charge in [0.15, 0.2) is 6.10 Å². The quantitative estimate of drug-likeness (QED) is 0.270. The van der Waals surface area contributed by atoms with Crippen molar-refractivity contribution >= 4 is 23.3 Å². The Kier molecular flexibility index (Phi) is 9.83. The summed E-state index contributed by atoms with van der Waals surface area (Å²) in [6.07, 6.45) is 1.35. The van der Waals surface area contributed by atoms with E-state index in [9.17, 15) is 19.1 Å². The zero-order chi connectivity index (χ0) is 32.4. The number of amides is 1. The van der Waals surface area contributed by atoms with Gasteiger partial charge in [-0.1, -0.05) is 38.1 Å². The highest BCUT2D eigenvalue weighted by Gasteiger charge is 2.36. The molecule has 0 saturated carbocycles. The number of halogens is 1. The molecule has 1 saturated heterocycles. The minimum atomic E-state index is -1.19. The monoisotopic (exact) mass is 603 g/mol. The number of aryl methyl sites for hydroxylation is 2. The van der Waals surface area contributed by atoms with Crippen molar-refractivity contribution in [2.45, 2.75) is 86.4 Å². The Bertz CT molecular complexity index is 1480. The van der Waals surface area contributed by atoms with E-state index in [1.807, 2.05) is 58.9 Å². The van der Waals surface area contributed by atoms with Gasteiger partial charge in [-0.05, 0) is 94.7 Å². The second-order valence-electron chi connectivity index (χ2n) is 13.6. The summed E-state index contributed by atoms with van der Waals surface area (Å²) in [5, 5.41) is 10.4. The molecule has 2 aromatic carbocycles. The third-order valence-electron chi connectivity index (χ3n) is 8.36. The minimum Gasteiger partial charge on any atom is -0.479 e. The summed E-state index contributed by atoms with van der Waals surface area (Å²) in [6, 6.07) is 14.1. The number of hydrogen-bond donors (Lipinski definition) is 1. The number of aromatic nitrogens is 1. The SMILES string of the molecule is CC(=O)N(CCc1ccc(F)cc1)c1ccc(-c2c(C)nc(C)c(C(OC(C)(C)C)C(=O)O)c2N2CCC(C)(C)CC2)cc1. The Morgan fingerprint density at radius 3 is 2.14 bits per heavy atom. The van der Waals surface area contributed by atoms with Crippen LogP contribution in [0.15, 0.2) is 48.5 Å². The molecule has 1 aliphatic heterocycles. The molecule has 0 aliphatic carbocycles. The number of pyridine rings is 1. The van der Waals surface area contributed by atoms with Crippen molar-refractivity contribution < 1.29 is 23.8 Å². The largest absolute Gasteiger partial charge is 0.479 e. The summed E-state index contributed by atoms with van der Waals surface area (Å²) in [7, 11) is 0. The zero-order valence-electron chi connectivity index (χ0n) is 27.3. The molecule has 44 heavy (non-hydrogen) atoms. The van der Waals surface area contributed by atoms with Gasteiger partial charge in [0.2, 0.25) is 5.91 Å². The number of ether oxygens (including phenoxy) is 1. The second kappa shape index (κ2) is 13.1. The number of hydrogen-bond acceptors (Lipinski definition) is 5. The van der Waals surface area contributed by atoms with E-state index in [1.54, 1.807) is 17.0 Å². The predicted molar refractivity (Wildman–Crippen MR) is 174 cm³/mol. The molecule has 4 rings (SSSR count). The normalized spacial score (nSPS) is 15.6. The molecule has 3 aromatic rings. The van der Waals surface area contributed by atoms with Crippen LogP contribution in [-0.4, -0.2) is 47.2 Å². The molecule has 1 fully saturated rings. The summed E-state index contributed by atoms with van der Waals surface area (Å²) < 4.78 is 19.5. The van der Waals surface area contributed by atoms with Crippen LogP contribution in [0, 0.1) is 25.1 Å². The summed E-state index contributed by atoms with van der Waals surface area (Å²) in [4.78, 5) is 34.3. The molecule has 0 bridgehead atoms. The van der Waals surface area contributed by atoms with Gasteiger partial charge in [-0.15, -0.1) is 0 Å². The maximum atomic E-state index is 13.4. The van der Waals surface area contributed by atoms with Crippen LogP contribution in [0.3, 0.4) is 0 Å². The Balaban J connectivity index is 1.79. The third-order valence-corrected chi connectivity index (χ3v) is 8.36. The molecule has 1 atom stereocenters. The zero-order valence-corrected chi connectivity index (χ0v) is 27.3. The van der Waals surface area contributed by atoms with Crippen LogP contribution in [0.1, 0.15) is 83.0 Å². The Hall–Kier alpha value is -3.78. The van der Waals surface area contributed by atoms with Gasteiger partial charge in [0.05, 0.1) is 11.3 Å². The highest BCUT2D eigenvalue weighted by atomic mass is 19.1. The van der Waals surface area contributed by atoms with E-state index in [4.69, 9.17) is 9.72 Å². The average Bonchev–Trinajstić information content (AvgIpc) is 2.93. The van der Waals surface area contributed by atoms with Crippen LogP contribution >= 0.6 is 0 Å². The Labute approximate surface area is 261 Å². The molecule has 0 radical (unpaired) electrons. The van der Waals surface area contributed by atoms with Crippen molar-refractivity contribution in [1.29, 1.82) is 0 Å². The van der Waals surface area contributed by atoms with Crippen LogP contribution in [0.4, 0.5) is 15.8 Å². The van der Waals surface area contributed by atoms with Gasteiger partial charge in [-0.2, -0.15) is 0 Å². The Morgan fingerprint density at radius 1 is 1.02 bits per heavy atom. The van der Waals surface area contributed by atoms with Crippen LogP contribution < -0.4 is 9.80 Å². The summed E-state index contributed by atoms with van der Waals surface area (Å²) in [5.41, 5.74) is 5.87. The van der Waals surface area contributed by atoms with Crippen LogP contribution in [0.5, 0.6) is 0 Å². The van der Waals surface area contributed by atoms with E-state index >= 15 is 0 Å². The first-order valence-electron chi connectivity index (χ1n) is 15.4. The van der Waals surface area contributed by atoms with E-state index < -0.39 is 17.7 Å². The lowest BCUT2D eigenvalue weighted by atomic mass is 9.82. The van der Waals surface area contributed by atoms with Gasteiger partial charge in [0, 0.05) is 54.8 Å². The molecule has 2 heterocycles. The van der Waals surface area contributed by atoms with Gasteiger partial charge in [-0.3, -0.25) is 9.78 Å². The molecular formula is C36H46FN3O4. The van der Waals surface area contributed by atoms with E-state index in [-0.39, 0.29) is 17.1 Å². The van der Waals surface area contributed by atoms with Crippen molar-refractivity contribution in [1.82, 2.24) is 4.98 Å². The fraction of sp³-hybridized carbons (Fsp3) is 0.472. The summed E-state index contributed by atoms with van der Waals surface area (Å²) >= 11 is 0. The number of nitrogens with zero attached hydrogens (tertiary/aromatic N) is 3. The van der Waals surface area contributed by atoms with Gasteiger partial charge in [-0.25, -0.2) is 9.18 Å². The summed E-state index contributed by atoms with van der Waals surface area (Å²) in [6.45, 7) is 17.5. The molecule has 1 amide bonds. The molecule has 236 valence electrons. The second-order valence-corrected chi connectivity index (χ2v) is 13.6. The highest BCUT2D eigenvalue weighted by molar-refractivity contribution is 5.93. The molecule has 1 N–H and O–H groups in total. The highest BCUT2D eigenvalue weighted by Crippen LogP contribution is 2.45. The first kappa shape index (κ1) is 33.1. The number of carbonyl (C=O) groups is 2. The first-order valence-corrected chi connectivity index (χ1v) is 15.4. The number of piperidine rings is 1. The van der Waals surface area contributed by atoms with E-state index in [0.29, 0.717) is 24.2 Å². The van der Waals surface area contributed by atoms with Crippen LogP contribution in [0.2, 0.25) is 0 Å². The molecule has 0 spiro atoms. The Morgan fingerprint density at radius 2 is 1.61 bits per heavy atom. The lowest BCUT2D eigenvalue weighted by molar-refractivity contribution is -0.160. The third kappa shape index (κ3) is 7.83. The smallest absolute Gasteiger partial charge is 0.337 e. The number of carboxylic acids is 1. The van der Waals surface area contributed by atoms with Crippen LogP contribution in [0.25, 0.3) is 11.1 Å². The lowest BCUT2D eigenvalue weighted by Gasteiger charge is -2.41. The molecule has 1 aromatic heterocycles. The maximum absolute atomic E-state index is 13.4. The van der Waals surface area contributed by atoms with Gasteiger partial charge < -0.3 is 19.6 Å². The fourth-order valence-corrected chi connectivity index (χ4v) is 5.92. The molecule has 1 unspecified atom stereocenters. The number of benzene rings is 2. The molecule has 1 aliphatic rings. The number of anilines is 2. The number of aliphatic carboxylic acids is 1. The van der Waals surface area contributed by atoms with E-state index in [1.165, 1.54) is 19.1 Å². The molecule has 7 nitrogen and oxygen atoms in total. The summed E-state index contributed by atoms with van der Waals surface area (Å²) in [5.74, 6) is -1.42. The average molecular weight is 604 g/mol. The first-order chi connectivity index (χ1) is 20.6. The lowest BCUT2D eigenvalue weighted by Crippen LogP contribution is -2.39. The van der Waals surface area contributed by atoms with E-state index in [0.717, 1.165) is 59.7 Å². The van der Waals surface area contributed by atoms with Crippen molar-refractivity contribution in [3.05, 3.63) is 76.9 Å². The van der Waals surface area contributed by atoms with Crippen molar-refractivity contribution in [2.24, 2.45) is 5.41 Å².